The average molecular weight is 551 g/mol. The number of rotatable bonds is 28. The minimum absolute atomic E-state index is 0.0691. The predicted octanol–water partition coefficient (Wildman–Crippen LogP) is 11.6. The van der Waals surface area contributed by atoms with Crippen molar-refractivity contribution in [3.8, 4) is 0 Å². The highest BCUT2D eigenvalue weighted by Crippen LogP contribution is 2.19. The summed E-state index contributed by atoms with van der Waals surface area (Å²) in [6.45, 7) is 2.29. The smallest absolute Gasteiger partial charge is 0.282 e. The lowest BCUT2D eigenvalue weighted by Crippen LogP contribution is -2.03. The van der Waals surface area contributed by atoms with Crippen molar-refractivity contribution in [3.63, 3.8) is 0 Å². The van der Waals surface area contributed by atoms with Gasteiger partial charge in [0.2, 0.25) is 0 Å². The molecular formula is C34H62O3S. The van der Waals surface area contributed by atoms with E-state index >= 15 is 0 Å². The highest BCUT2D eigenvalue weighted by molar-refractivity contribution is 7.85. The van der Waals surface area contributed by atoms with E-state index in [0.29, 0.717) is 0 Å². The molecular weight excluding hydrogens is 488 g/mol. The summed E-state index contributed by atoms with van der Waals surface area (Å²) in [6, 6.07) is 6.80. The van der Waals surface area contributed by atoms with E-state index in [1.54, 1.807) is 6.07 Å². The predicted molar refractivity (Wildman–Crippen MR) is 166 cm³/mol. The average Bonchev–Trinajstić information content (AvgIpc) is 2.90. The highest BCUT2D eigenvalue weighted by Gasteiger charge is 2.13. The van der Waals surface area contributed by atoms with Crippen molar-refractivity contribution in [3.05, 3.63) is 29.8 Å². The third-order valence-electron chi connectivity index (χ3n) is 8.05. The summed E-state index contributed by atoms with van der Waals surface area (Å²) in [5.74, 6) is 0. The van der Waals surface area contributed by atoms with Crippen molar-refractivity contribution in [1.82, 2.24) is 0 Å². The number of aryl methyl sites for hydroxylation is 1. The van der Waals surface area contributed by atoms with Crippen molar-refractivity contribution in [2.24, 2.45) is 0 Å². The van der Waals surface area contributed by atoms with Gasteiger partial charge in [-0.05, 0) is 24.5 Å². The highest BCUT2D eigenvalue weighted by atomic mass is 32.2. The molecule has 38 heavy (non-hydrogen) atoms. The molecule has 0 amide bonds. The van der Waals surface area contributed by atoms with Gasteiger partial charge in [0, 0.05) is 0 Å². The normalized spacial score (nSPS) is 11.8. The first-order valence-electron chi connectivity index (χ1n) is 16.6. The molecule has 0 fully saturated rings. The standard InChI is InChI=1S/C34H62O3S/c1-2-3-4-5-6-7-8-9-10-11-12-13-14-15-16-17-18-19-20-21-22-23-24-25-26-27-30-33-31-28-29-32-34(33)38(35,36)37/h28-29,31-32H,2-27,30H2,1H3,(H,35,36,37). The second kappa shape index (κ2) is 25.1. The van der Waals surface area contributed by atoms with Crippen LogP contribution in [0.4, 0.5) is 0 Å². The van der Waals surface area contributed by atoms with Gasteiger partial charge in [0.1, 0.15) is 0 Å². The number of hydrogen-bond donors (Lipinski definition) is 1. The molecule has 0 heterocycles. The molecule has 0 spiro atoms. The molecule has 222 valence electrons. The van der Waals surface area contributed by atoms with Gasteiger partial charge in [-0.3, -0.25) is 4.55 Å². The van der Waals surface area contributed by atoms with Crippen molar-refractivity contribution < 1.29 is 13.0 Å². The fourth-order valence-electron chi connectivity index (χ4n) is 5.59. The van der Waals surface area contributed by atoms with Crippen molar-refractivity contribution in [1.29, 1.82) is 0 Å². The zero-order valence-corrected chi connectivity index (χ0v) is 25.9. The Morgan fingerprint density at radius 3 is 1.08 bits per heavy atom. The van der Waals surface area contributed by atoms with Crippen molar-refractivity contribution >= 4 is 10.1 Å². The lowest BCUT2D eigenvalue weighted by Gasteiger charge is -2.07. The molecule has 0 saturated heterocycles. The summed E-state index contributed by atoms with van der Waals surface area (Å²) < 4.78 is 32.3. The lowest BCUT2D eigenvalue weighted by molar-refractivity contribution is 0.481. The van der Waals surface area contributed by atoms with Crippen LogP contribution in [0.5, 0.6) is 0 Å². The first kappa shape index (κ1) is 35.2. The Kier molecular flexibility index (Phi) is 23.2. The summed E-state index contributed by atoms with van der Waals surface area (Å²) >= 11 is 0. The Labute approximate surface area is 237 Å². The molecule has 0 saturated carbocycles. The van der Waals surface area contributed by atoms with Crippen LogP contribution < -0.4 is 0 Å². The van der Waals surface area contributed by atoms with Crippen LogP contribution in [-0.2, 0) is 16.5 Å². The van der Waals surface area contributed by atoms with Crippen LogP contribution in [0.1, 0.15) is 179 Å². The molecule has 1 N–H and O–H groups in total. The largest absolute Gasteiger partial charge is 0.294 e. The number of benzene rings is 1. The van der Waals surface area contributed by atoms with Gasteiger partial charge in [0.05, 0.1) is 4.90 Å². The van der Waals surface area contributed by atoms with Gasteiger partial charge < -0.3 is 0 Å². The van der Waals surface area contributed by atoms with Crippen LogP contribution >= 0.6 is 0 Å². The maximum atomic E-state index is 11.5. The van der Waals surface area contributed by atoms with Gasteiger partial charge in [0.15, 0.2) is 0 Å². The SMILES string of the molecule is CCCCCCCCCCCCCCCCCCCCCCCCCCCCc1ccccc1S(=O)(=O)O. The van der Waals surface area contributed by atoms with Crippen molar-refractivity contribution in [2.75, 3.05) is 0 Å². The minimum Gasteiger partial charge on any atom is -0.282 e. The van der Waals surface area contributed by atoms with E-state index in [9.17, 15) is 13.0 Å². The van der Waals surface area contributed by atoms with Crippen LogP contribution in [0.25, 0.3) is 0 Å². The van der Waals surface area contributed by atoms with Gasteiger partial charge in [-0.15, -0.1) is 0 Å². The first-order chi connectivity index (χ1) is 18.6. The van der Waals surface area contributed by atoms with Crippen molar-refractivity contribution in [2.45, 2.75) is 185 Å². The number of unbranched alkanes of at least 4 members (excludes halogenated alkanes) is 25. The van der Waals surface area contributed by atoms with Gasteiger partial charge in [-0.25, -0.2) is 0 Å². The Bertz CT molecular complexity index is 744. The molecule has 0 bridgehead atoms. The molecule has 1 aromatic rings. The van der Waals surface area contributed by atoms with E-state index < -0.39 is 10.1 Å². The Hall–Kier alpha value is -0.870. The molecule has 4 heteroatoms. The molecule has 0 atom stereocenters. The van der Waals surface area contributed by atoms with Crippen LogP contribution in [0, 0.1) is 0 Å². The van der Waals surface area contributed by atoms with E-state index in [1.807, 2.05) is 12.1 Å². The zero-order chi connectivity index (χ0) is 27.6. The van der Waals surface area contributed by atoms with Gasteiger partial charge in [-0.2, -0.15) is 8.42 Å². The lowest BCUT2D eigenvalue weighted by atomic mass is 10.0. The molecule has 0 aliphatic heterocycles. The quantitative estimate of drug-likeness (QED) is 0.0833. The fourth-order valence-corrected chi connectivity index (χ4v) is 6.35. The summed E-state index contributed by atoms with van der Waals surface area (Å²) in [4.78, 5) is 0.0691. The second-order valence-electron chi connectivity index (χ2n) is 11.7. The van der Waals surface area contributed by atoms with E-state index in [1.165, 1.54) is 160 Å². The Morgan fingerprint density at radius 1 is 0.474 bits per heavy atom. The molecule has 3 nitrogen and oxygen atoms in total. The number of hydrogen-bond acceptors (Lipinski definition) is 2. The zero-order valence-electron chi connectivity index (χ0n) is 25.1. The van der Waals surface area contributed by atoms with Crippen LogP contribution in [0.2, 0.25) is 0 Å². The minimum atomic E-state index is -4.11. The molecule has 0 aromatic heterocycles. The van der Waals surface area contributed by atoms with E-state index in [0.717, 1.165) is 24.8 Å². The molecule has 1 rings (SSSR count). The third kappa shape index (κ3) is 21.0. The Balaban J connectivity index is 1.75. The van der Waals surface area contributed by atoms with Gasteiger partial charge in [-0.1, -0.05) is 186 Å². The fraction of sp³-hybridized carbons (Fsp3) is 0.824. The van der Waals surface area contributed by atoms with Gasteiger partial charge >= 0.3 is 0 Å². The van der Waals surface area contributed by atoms with E-state index in [4.69, 9.17) is 0 Å². The van der Waals surface area contributed by atoms with Gasteiger partial charge in [0.25, 0.3) is 10.1 Å². The molecule has 0 aliphatic carbocycles. The maximum absolute atomic E-state index is 11.5. The molecule has 0 radical (unpaired) electrons. The van der Waals surface area contributed by atoms with Crippen LogP contribution in [0.15, 0.2) is 29.2 Å². The molecule has 0 unspecified atom stereocenters. The molecule has 1 aromatic carbocycles. The van der Waals surface area contributed by atoms with Crippen LogP contribution in [0.3, 0.4) is 0 Å². The summed E-state index contributed by atoms with van der Waals surface area (Å²) in [5, 5.41) is 0. The van der Waals surface area contributed by atoms with E-state index in [-0.39, 0.29) is 4.90 Å². The summed E-state index contributed by atoms with van der Waals surface area (Å²) in [7, 11) is -4.11. The Morgan fingerprint density at radius 2 is 0.763 bits per heavy atom. The van der Waals surface area contributed by atoms with Crippen LogP contribution in [-0.4, -0.2) is 13.0 Å². The summed E-state index contributed by atoms with van der Waals surface area (Å²) in [5.41, 5.74) is 0.736. The van der Waals surface area contributed by atoms with E-state index in [2.05, 4.69) is 6.92 Å². The third-order valence-corrected chi connectivity index (χ3v) is 9.00. The second-order valence-corrected chi connectivity index (χ2v) is 13.1. The summed E-state index contributed by atoms with van der Waals surface area (Å²) in [6.07, 6.45) is 36.7. The first-order valence-corrected chi connectivity index (χ1v) is 18.0. The topological polar surface area (TPSA) is 54.4 Å². The monoisotopic (exact) mass is 550 g/mol. The molecule has 0 aliphatic rings. The maximum Gasteiger partial charge on any atom is 0.294 e.